The van der Waals surface area contributed by atoms with Crippen LogP contribution >= 0.6 is 11.6 Å². The summed E-state index contributed by atoms with van der Waals surface area (Å²) in [5.41, 5.74) is -0.446. The summed E-state index contributed by atoms with van der Waals surface area (Å²) in [5.74, 6) is 1.95. The zero-order chi connectivity index (χ0) is 12.6. The fraction of sp³-hybridized carbons (Fsp3) is 0.667. The van der Waals surface area contributed by atoms with Gasteiger partial charge in [-0.1, -0.05) is 11.6 Å². The van der Waals surface area contributed by atoms with Crippen LogP contribution in [0.25, 0.3) is 0 Å². The van der Waals surface area contributed by atoms with E-state index in [1.54, 1.807) is 13.0 Å². The van der Waals surface area contributed by atoms with Crippen LogP contribution in [0.1, 0.15) is 45.4 Å². The lowest BCUT2D eigenvalue weighted by Gasteiger charge is -2.30. The highest BCUT2D eigenvalue weighted by Gasteiger charge is 2.29. The zero-order valence-electron chi connectivity index (χ0n) is 10.4. The van der Waals surface area contributed by atoms with E-state index in [1.165, 1.54) is 0 Å². The van der Waals surface area contributed by atoms with Gasteiger partial charge < -0.3 is 10.4 Å². The van der Waals surface area contributed by atoms with Crippen molar-refractivity contribution < 1.29 is 5.11 Å². The molecule has 1 aromatic heterocycles. The Bertz CT molecular complexity index is 416. The van der Waals surface area contributed by atoms with Gasteiger partial charge in [-0.15, -0.1) is 0 Å². The third-order valence-corrected chi connectivity index (χ3v) is 3.34. The summed E-state index contributed by atoms with van der Waals surface area (Å²) in [4.78, 5) is 8.67. The Hall–Kier alpha value is -0.870. The molecule has 2 N–H and O–H groups in total. The van der Waals surface area contributed by atoms with E-state index in [1.807, 2.05) is 13.8 Å². The third kappa shape index (κ3) is 3.07. The summed E-state index contributed by atoms with van der Waals surface area (Å²) in [6.07, 6.45) is 1.79. The molecule has 1 aromatic rings. The maximum Gasteiger partial charge on any atom is 0.135 e. The van der Waals surface area contributed by atoms with Gasteiger partial charge in [-0.2, -0.15) is 0 Å². The van der Waals surface area contributed by atoms with Crippen molar-refractivity contribution in [3.05, 3.63) is 17.0 Å². The third-order valence-electron chi connectivity index (χ3n) is 3.15. The minimum absolute atomic E-state index is 0.446. The highest BCUT2D eigenvalue weighted by Crippen LogP contribution is 2.39. The van der Waals surface area contributed by atoms with Crippen LogP contribution in [0.5, 0.6) is 0 Å². The molecule has 0 aromatic carbocycles. The monoisotopic (exact) mass is 255 g/mol. The number of halogens is 1. The SMILES string of the molecule is CC(O)C(C)(C)Nc1cc(Cl)nc(C2CC2)n1. The molecule has 1 aliphatic rings. The summed E-state index contributed by atoms with van der Waals surface area (Å²) in [6.45, 7) is 5.59. The highest BCUT2D eigenvalue weighted by atomic mass is 35.5. The quantitative estimate of drug-likeness (QED) is 0.812. The van der Waals surface area contributed by atoms with E-state index in [4.69, 9.17) is 11.6 Å². The average Bonchev–Trinajstić information content (AvgIpc) is 2.98. The van der Waals surface area contributed by atoms with Crippen molar-refractivity contribution in [1.82, 2.24) is 9.97 Å². The second kappa shape index (κ2) is 4.42. The molecule has 1 heterocycles. The predicted octanol–water partition coefficient (Wildman–Crippen LogP) is 2.58. The van der Waals surface area contributed by atoms with Crippen molar-refractivity contribution in [2.75, 3.05) is 5.32 Å². The van der Waals surface area contributed by atoms with Crippen molar-refractivity contribution in [2.24, 2.45) is 0 Å². The highest BCUT2D eigenvalue weighted by molar-refractivity contribution is 6.29. The number of aliphatic hydroxyl groups is 1. The lowest BCUT2D eigenvalue weighted by atomic mass is 9.99. The Morgan fingerprint density at radius 3 is 2.65 bits per heavy atom. The standard InChI is InChI=1S/C12H18ClN3O/c1-7(17)12(2,3)16-10-6-9(13)14-11(15-10)8-4-5-8/h6-8,17H,4-5H2,1-3H3,(H,14,15,16). The maximum absolute atomic E-state index is 9.66. The van der Waals surface area contributed by atoms with Crippen LogP contribution in [0.2, 0.25) is 5.15 Å². The van der Waals surface area contributed by atoms with Crippen LogP contribution in [0.15, 0.2) is 6.07 Å². The second-order valence-electron chi connectivity index (χ2n) is 5.23. The first kappa shape index (κ1) is 12.6. The average molecular weight is 256 g/mol. The molecule has 5 heteroatoms. The molecule has 1 saturated carbocycles. The molecule has 0 aliphatic heterocycles. The van der Waals surface area contributed by atoms with Gasteiger partial charge in [0.2, 0.25) is 0 Å². The van der Waals surface area contributed by atoms with Crippen LogP contribution in [0.4, 0.5) is 5.82 Å². The van der Waals surface area contributed by atoms with Gasteiger partial charge in [0.05, 0.1) is 11.6 Å². The van der Waals surface area contributed by atoms with Crippen molar-refractivity contribution in [1.29, 1.82) is 0 Å². The van der Waals surface area contributed by atoms with E-state index in [9.17, 15) is 5.11 Å². The fourth-order valence-electron chi connectivity index (χ4n) is 1.46. The smallest absolute Gasteiger partial charge is 0.135 e. The van der Waals surface area contributed by atoms with Crippen LogP contribution < -0.4 is 5.32 Å². The molecule has 17 heavy (non-hydrogen) atoms. The predicted molar refractivity (Wildman–Crippen MR) is 68.4 cm³/mol. The summed E-state index contributed by atoms with van der Waals surface area (Å²) in [5, 5.41) is 13.3. The molecule has 4 nitrogen and oxygen atoms in total. The molecule has 94 valence electrons. The number of hydrogen-bond acceptors (Lipinski definition) is 4. The summed E-state index contributed by atoms with van der Waals surface area (Å²) in [6, 6.07) is 1.69. The van der Waals surface area contributed by atoms with Crippen molar-refractivity contribution >= 4 is 17.4 Å². The fourth-order valence-corrected chi connectivity index (χ4v) is 1.65. The van der Waals surface area contributed by atoms with E-state index in [2.05, 4.69) is 15.3 Å². The molecule has 1 aliphatic carbocycles. The van der Waals surface area contributed by atoms with E-state index in [0.717, 1.165) is 18.7 Å². The lowest BCUT2D eigenvalue weighted by molar-refractivity contribution is 0.133. The molecule has 1 atom stereocenters. The van der Waals surface area contributed by atoms with Gasteiger partial charge in [0.15, 0.2) is 0 Å². The Labute approximate surface area is 106 Å². The first-order valence-corrected chi connectivity index (χ1v) is 6.27. The van der Waals surface area contributed by atoms with Crippen LogP contribution in [0, 0.1) is 0 Å². The maximum atomic E-state index is 9.66. The number of nitrogens with one attached hydrogen (secondary N) is 1. The first-order valence-electron chi connectivity index (χ1n) is 5.89. The molecular weight excluding hydrogens is 238 g/mol. The minimum Gasteiger partial charge on any atom is -0.391 e. The van der Waals surface area contributed by atoms with Gasteiger partial charge in [0.1, 0.15) is 16.8 Å². The van der Waals surface area contributed by atoms with E-state index in [-0.39, 0.29) is 0 Å². The second-order valence-corrected chi connectivity index (χ2v) is 5.62. The van der Waals surface area contributed by atoms with Gasteiger partial charge in [0.25, 0.3) is 0 Å². The number of hydrogen-bond donors (Lipinski definition) is 2. The van der Waals surface area contributed by atoms with Gasteiger partial charge in [-0.05, 0) is 33.6 Å². The number of nitrogens with zero attached hydrogens (tertiary/aromatic N) is 2. The Morgan fingerprint density at radius 2 is 2.12 bits per heavy atom. The number of aliphatic hydroxyl groups excluding tert-OH is 1. The number of aromatic nitrogens is 2. The molecule has 0 spiro atoms. The molecule has 0 amide bonds. The van der Waals surface area contributed by atoms with Crippen LogP contribution in [0.3, 0.4) is 0 Å². The molecule has 2 rings (SSSR count). The van der Waals surface area contributed by atoms with Crippen molar-refractivity contribution in [3.63, 3.8) is 0 Å². The number of anilines is 1. The first-order chi connectivity index (χ1) is 7.88. The minimum atomic E-state index is -0.486. The van der Waals surface area contributed by atoms with Gasteiger partial charge in [-0.25, -0.2) is 9.97 Å². The molecule has 1 unspecified atom stereocenters. The van der Waals surface area contributed by atoms with E-state index < -0.39 is 11.6 Å². The molecular formula is C12H18ClN3O. The van der Waals surface area contributed by atoms with Crippen LogP contribution in [-0.2, 0) is 0 Å². The molecule has 0 radical (unpaired) electrons. The Kier molecular flexibility index (Phi) is 3.27. The molecule has 0 bridgehead atoms. The summed E-state index contributed by atoms with van der Waals surface area (Å²) >= 11 is 5.98. The largest absolute Gasteiger partial charge is 0.391 e. The topological polar surface area (TPSA) is 58.0 Å². The van der Waals surface area contributed by atoms with E-state index in [0.29, 0.717) is 16.9 Å². The van der Waals surface area contributed by atoms with Crippen molar-refractivity contribution in [2.45, 2.75) is 51.2 Å². The van der Waals surface area contributed by atoms with Crippen LogP contribution in [-0.4, -0.2) is 26.7 Å². The van der Waals surface area contributed by atoms with E-state index >= 15 is 0 Å². The van der Waals surface area contributed by atoms with Crippen molar-refractivity contribution in [3.8, 4) is 0 Å². The van der Waals surface area contributed by atoms with Gasteiger partial charge in [-0.3, -0.25) is 0 Å². The molecule has 0 saturated heterocycles. The zero-order valence-corrected chi connectivity index (χ0v) is 11.1. The Balaban J connectivity index is 2.20. The normalized spacial score (nSPS) is 17.9. The van der Waals surface area contributed by atoms with Gasteiger partial charge >= 0.3 is 0 Å². The lowest BCUT2D eigenvalue weighted by Crippen LogP contribution is -2.42. The summed E-state index contributed by atoms with van der Waals surface area (Å²) in [7, 11) is 0. The Morgan fingerprint density at radius 1 is 1.47 bits per heavy atom. The summed E-state index contributed by atoms with van der Waals surface area (Å²) < 4.78 is 0. The van der Waals surface area contributed by atoms with Gasteiger partial charge in [0, 0.05) is 12.0 Å². The molecule has 1 fully saturated rings. The number of rotatable bonds is 4.